The first-order valence-electron chi connectivity index (χ1n) is 9.94. The molecule has 2 fully saturated rings. The molecule has 0 spiro atoms. The zero-order valence-corrected chi connectivity index (χ0v) is 18.1. The molecule has 29 heavy (non-hydrogen) atoms. The van der Waals surface area contributed by atoms with Crippen molar-refractivity contribution >= 4 is 33.2 Å². The minimum Gasteiger partial charge on any atom is -0.349 e. The highest BCUT2D eigenvalue weighted by Gasteiger charge is 2.40. The standard InChI is InChI=1S/C22H25ClN2O3S/c1-13-4-3-5-19(14(13)2)25-29(27,28)21-12-17(8-9-18(21)23)22(26)24-20-11-15-6-7-16(20)10-15/h3-5,8-9,12,15-16,20,25H,6-7,10-11H2,1-2H3,(H,24,26)/t15-,16-,20+/m0/s1. The fraction of sp³-hybridized carbons (Fsp3) is 0.409. The van der Waals surface area contributed by atoms with Crippen LogP contribution < -0.4 is 10.0 Å². The molecule has 4 rings (SSSR count). The number of aryl methyl sites for hydroxylation is 1. The van der Waals surface area contributed by atoms with Gasteiger partial charge in [0.1, 0.15) is 4.90 Å². The average molecular weight is 433 g/mol. The molecular formula is C22H25ClN2O3S. The van der Waals surface area contributed by atoms with Gasteiger partial charge in [0.05, 0.1) is 10.7 Å². The topological polar surface area (TPSA) is 75.3 Å². The highest BCUT2D eigenvalue weighted by molar-refractivity contribution is 7.92. The van der Waals surface area contributed by atoms with Crippen LogP contribution in [-0.2, 0) is 10.0 Å². The molecule has 0 aromatic heterocycles. The second-order valence-corrected chi connectivity index (χ2v) is 10.3. The number of hydrogen-bond donors (Lipinski definition) is 2. The first-order chi connectivity index (χ1) is 13.7. The zero-order chi connectivity index (χ0) is 20.8. The fourth-order valence-electron chi connectivity index (χ4n) is 4.59. The number of benzene rings is 2. The number of nitrogens with one attached hydrogen (secondary N) is 2. The summed E-state index contributed by atoms with van der Waals surface area (Å²) in [5.41, 5.74) is 2.63. The monoisotopic (exact) mass is 432 g/mol. The maximum absolute atomic E-state index is 13.0. The minimum absolute atomic E-state index is 0.0827. The van der Waals surface area contributed by atoms with Gasteiger partial charge in [-0.05, 0) is 80.3 Å². The lowest BCUT2D eigenvalue weighted by Gasteiger charge is -2.23. The van der Waals surface area contributed by atoms with E-state index in [0.717, 1.165) is 24.0 Å². The van der Waals surface area contributed by atoms with Crippen molar-refractivity contribution in [2.24, 2.45) is 11.8 Å². The van der Waals surface area contributed by atoms with Crippen molar-refractivity contribution in [3.05, 3.63) is 58.1 Å². The lowest BCUT2D eigenvalue weighted by atomic mass is 9.95. The third-order valence-electron chi connectivity index (χ3n) is 6.39. The van der Waals surface area contributed by atoms with Crippen molar-refractivity contribution < 1.29 is 13.2 Å². The second-order valence-electron chi connectivity index (χ2n) is 8.25. The third kappa shape index (κ3) is 4.01. The van der Waals surface area contributed by atoms with Gasteiger partial charge in [0.15, 0.2) is 0 Å². The molecule has 2 aliphatic carbocycles. The predicted molar refractivity (Wildman–Crippen MR) is 115 cm³/mol. The number of carbonyl (C=O) groups excluding carboxylic acids is 1. The lowest BCUT2D eigenvalue weighted by molar-refractivity contribution is 0.0922. The molecule has 2 aromatic rings. The highest BCUT2D eigenvalue weighted by atomic mass is 35.5. The van der Waals surface area contributed by atoms with E-state index >= 15 is 0 Å². The Balaban J connectivity index is 1.57. The van der Waals surface area contributed by atoms with E-state index < -0.39 is 10.0 Å². The molecule has 3 atom stereocenters. The molecule has 0 saturated heterocycles. The predicted octanol–water partition coefficient (Wildman–Crippen LogP) is 4.68. The summed E-state index contributed by atoms with van der Waals surface area (Å²) in [4.78, 5) is 12.7. The molecule has 0 heterocycles. The van der Waals surface area contributed by atoms with E-state index in [-0.39, 0.29) is 21.9 Å². The Morgan fingerprint density at radius 2 is 1.90 bits per heavy atom. The number of sulfonamides is 1. The van der Waals surface area contributed by atoms with Crippen LogP contribution in [-0.4, -0.2) is 20.4 Å². The van der Waals surface area contributed by atoms with Gasteiger partial charge in [0.25, 0.3) is 15.9 Å². The van der Waals surface area contributed by atoms with Crippen molar-refractivity contribution in [3.8, 4) is 0 Å². The van der Waals surface area contributed by atoms with E-state index in [0.29, 0.717) is 23.1 Å². The van der Waals surface area contributed by atoms with Crippen molar-refractivity contribution in [2.45, 2.75) is 50.5 Å². The Morgan fingerprint density at radius 3 is 2.59 bits per heavy atom. The van der Waals surface area contributed by atoms with Crippen molar-refractivity contribution in [2.75, 3.05) is 4.72 Å². The summed E-state index contributed by atoms with van der Waals surface area (Å²) in [5, 5.41) is 3.18. The molecule has 2 aliphatic rings. The molecule has 2 bridgehead atoms. The van der Waals surface area contributed by atoms with Crippen LogP contribution in [0.25, 0.3) is 0 Å². The minimum atomic E-state index is -3.94. The molecule has 1 amide bonds. The van der Waals surface area contributed by atoms with E-state index in [1.807, 2.05) is 19.9 Å². The molecular weight excluding hydrogens is 408 g/mol. The normalized spacial score (nSPS) is 23.2. The van der Waals surface area contributed by atoms with Crippen LogP contribution >= 0.6 is 11.6 Å². The molecule has 154 valence electrons. The summed E-state index contributed by atoms with van der Waals surface area (Å²) in [6, 6.07) is 10.0. The van der Waals surface area contributed by atoms with Crippen LogP contribution in [0.3, 0.4) is 0 Å². The van der Waals surface area contributed by atoms with Crippen molar-refractivity contribution in [1.82, 2.24) is 5.32 Å². The van der Waals surface area contributed by atoms with E-state index in [4.69, 9.17) is 11.6 Å². The van der Waals surface area contributed by atoms with Gasteiger partial charge in [0, 0.05) is 11.6 Å². The Labute approximate surface area is 176 Å². The van der Waals surface area contributed by atoms with Crippen molar-refractivity contribution in [3.63, 3.8) is 0 Å². The summed E-state index contributed by atoms with van der Waals surface area (Å²) >= 11 is 6.19. The molecule has 7 heteroatoms. The van der Waals surface area contributed by atoms with Gasteiger partial charge in [-0.1, -0.05) is 30.2 Å². The van der Waals surface area contributed by atoms with Gasteiger partial charge in [0.2, 0.25) is 0 Å². The number of anilines is 1. The quantitative estimate of drug-likeness (QED) is 0.720. The largest absolute Gasteiger partial charge is 0.349 e. The molecule has 0 aliphatic heterocycles. The second kappa shape index (κ2) is 7.65. The molecule has 0 radical (unpaired) electrons. The maximum atomic E-state index is 13.0. The van der Waals surface area contributed by atoms with Gasteiger partial charge in [-0.2, -0.15) is 0 Å². The molecule has 5 nitrogen and oxygen atoms in total. The maximum Gasteiger partial charge on any atom is 0.263 e. The summed E-state index contributed by atoms with van der Waals surface area (Å²) in [6.07, 6.45) is 4.62. The van der Waals surface area contributed by atoms with Gasteiger partial charge in [-0.15, -0.1) is 0 Å². The van der Waals surface area contributed by atoms with Crippen molar-refractivity contribution in [1.29, 1.82) is 0 Å². The van der Waals surface area contributed by atoms with Crippen LogP contribution in [0, 0.1) is 25.7 Å². The number of fused-ring (bicyclic) bond motifs is 2. The van der Waals surface area contributed by atoms with Gasteiger partial charge in [-0.25, -0.2) is 8.42 Å². The van der Waals surface area contributed by atoms with E-state index in [1.54, 1.807) is 18.2 Å². The summed E-state index contributed by atoms with van der Waals surface area (Å²) in [6.45, 7) is 3.77. The van der Waals surface area contributed by atoms with Gasteiger partial charge >= 0.3 is 0 Å². The zero-order valence-electron chi connectivity index (χ0n) is 16.5. The van der Waals surface area contributed by atoms with Gasteiger partial charge in [-0.3, -0.25) is 9.52 Å². The van der Waals surface area contributed by atoms with Crippen LogP contribution in [0.2, 0.25) is 5.02 Å². The molecule has 0 unspecified atom stereocenters. The SMILES string of the molecule is Cc1cccc(NS(=O)(=O)c2cc(C(=O)N[C@@H]3C[C@H]4CC[C@H]3C4)ccc2Cl)c1C. The van der Waals surface area contributed by atoms with Crippen LogP contribution in [0.15, 0.2) is 41.3 Å². The Morgan fingerprint density at radius 1 is 1.10 bits per heavy atom. The number of carbonyl (C=O) groups is 1. The Hall–Kier alpha value is -2.05. The fourth-order valence-corrected chi connectivity index (χ4v) is 6.23. The number of amides is 1. The number of rotatable bonds is 5. The number of halogens is 1. The van der Waals surface area contributed by atoms with Crippen LogP contribution in [0.1, 0.15) is 47.2 Å². The molecule has 2 aromatic carbocycles. The van der Waals surface area contributed by atoms with Crippen LogP contribution in [0.5, 0.6) is 0 Å². The Kier molecular flexibility index (Phi) is 5.34. The Bertz CT molecular complexity index is 1070. The number of hydrogen-bond acceptors (Lipinski definition) is 3. The smallest absolute Gasteiger partial charge is 0.263 e. The van der Waals surface area contributed by atoms with E-state index in [1.165, 1.54) is 25.0 Å². The molecule has 2 saturated carbocycles. The lowest BCUT2D eigenvalue weighted by Crippen LogP contribution is -2.38. The third-order valence-corrected chi connectivity index (χ3v) is 8.23. The van der Waals surface area contributed by atoms with Gasteiger partial charge < -0.3 is 5.32 Å². The van der Waals surface area contributed by atoms with Crippen LogP contribution in [0.4, 0.5) is 5.69 Å². The molecule has 2 N–H and O–H groups in total. The van der Waals surface area contributed by atoms with E-state index in [2.05, 4.69) is 10.0 Å². The average Bonchev–Trinajstić information content (AvgIpc) is 3.28. The summed E-state index contributed by atoms with van der Waals surface area (Å²) in [5.74, 6) is 1.01. The highest BCUT2D eigenvalue weighted by Crippen LogP contribution is 2.44. The first-order valence-corrected chi connectivity index (χ1v) is 11.8. The summed E-state index contributed by atoms with van der Waals surface area (Å²) < 4.78 is 28.6. The van der Waals surface area contributed by atoms with E-state index in [9.17, 15) is 13.2 Å². The summed E-state index contributed by atoms with van der Waals surface area (Å²) in [7, 11) is -3.94. The first kappa shape index (κ1) is 20.2.